The van der Waals surface area contributed by atoms with Crippen molar-refractivity contribution in [1.82, 2.24) is 4.98 Å². The molecular formula is C20H16F3N5O2. The number of fused-ring (bicyclic) bond motifs is 1. The molecule has 1 fully saturated rings. The lowest BCUT2D eigenvalue weighted by atomic mass is 10.1. The van der Waals surface area contributed by atoms with Gasteiger partial charge >= 0.3 is 6.18 Å². The highest BCUT2D eigenvalue weighted by atomic mass is 19.4. The maximum Gasteiger partial charge on any atom is 0.418 e. The molecule has 10 heteroatoms. The second-order valence-electron chi connectivity index (χ2n) is 6.73. The van der Waals surface area contributed by atoms with Crippen molar-refractivity contribution >= 4 is 28.7 Å². The zero-order valence-electron chi connectivity index (χ0n) is 15.6. The highest BCUT2D eigenvalue weighted by Gasteiger charge is 2.37. The number of benzene rings is 1. The molecule has 3 heterocycles. The number of rotatable bonds is 2. The van der Waals surface area contributed by atoms with Crippen molar-refractivity contribution in [2.75, 3.05) is 41.8 Å². The van der Waals surface area contributed by atoms with Gasteiger partial charge in [-0.15, -0.1) is 0 Å². The molecule has 0 spiro atoms. The summed E-state index contributed by atoms with van der Waals surface area (Å²) < 4.78 is 46.5. The summed E-state index contributed by atoms with van der Waals surface area (Å²) in [4.78, 5) is 17.8. The maximum atomic E-state index is 13.8. The van der Waals surface area contributed by atoms with Gasteiger partial charge in [-0.3, -0.25) is 4.79 Å². The first-order valence-electron chi connectivity index (χ1n) is 9.09. The monoisotopic (exact) mass is 415 g/mol. The Morgan fingerprint density at radius 1 is 1.13 bits per heavy atom. The highest BCUT2D eigenvalue weighted by molar-refractivity contribution is 6.10. The normalized spacial score (nSPS) is 16.5. The third kappa shape index (κ3) is 3.92. The average Bonchev–Trinajstić information content (AvgIpc) is 2.90. The van der Waals surface area contributed by atoms with Gasteiger partial charge < -0.3 is 20.3 Å². The highest BCUT2D eigenvalue weighted by Crippen LogP contribution is 2.43. The van der Waals surface area contributed by atoms with Crippen LogP contribution in [0.15, 0.2) is 36.5 Å². The van der Waals surface area contributed by atoms with Crippen LogP contribution in [-0.2, 0) is 15.7 Å². The molecule has 30 heavy (non-hydrogen) atoms. The van der Waals surface area contributed by atoms with E-state index in [0.29, 0.717) is 43.3 Å². The minimum absolute atomic E-state index is 0.0139. The van der Waals surface area contributed by atoms with E-state index in [1.54, 1.807) is 11.0 Å². The van der Waals surface area contributed by atoms with Gasteiger partial charge in [0.15, 0.2) is 0 Å². The van der Waals surface area contributed by atoms with Crippen LogP contribution in [0.4, 0.5) is 30.2 Å². The van der Waals surface area contributed by atoms with Gasteiger partial charge in [0.25, 0.3) is 5.91 Å². The maximum absolute atomic E-state index is 13.8. The van der Waals surface area contributed by atoms with Crippen LogP contribution in [0, 0.1) is 11.3 Å². The van der Waals surface area contributed by atoms with E-state index < -0.39 is 17.6 Å². The van der Waals surface area contributed by atoms with Crippen LogP contribution in [0.3, 0.4) is 0 Å². The molecule has 0 unspecified atom stereocenters. The lowest BCUT2D eigenvalue weighted by Crippen LogP contribution is -2.37. The number of nitrogens with one attached hydrogen (secondary N) is 2. The number of alkyl halides is 3. The van der Waals surface area contributed by atoms with Crippen molar-refractivity contribution in [3.63, 3.8) is 0 Å². The van der Waals surface area contributed by atoms with Crippen LogP contribution >= 0.6 is 0 Å². The first-order valence-corrected chi connectivity index (χ1v) is 9.09. The minimum Gasteiger partial charge on any atom is -0.378 e. The van der Waals surface area contributed by atoms with E-state index in [1.807, 2.05) is 6.07 Å². The standard InChI is InChI=1S/C20H16F3N5O2/c21-20(22,23)14-8-16-17(9-18(14)28-3-5-30-6-4-28)26-15(10-19(29)27-16)12-1-2-25-13(7-12)11-24/h1-2,7-10,26H,3-6H2,(H,27,29). The number of pyridine rings is 1. The second kappa shape index (κ2) is 7.68. The van der Waals surface area contributed by atoms with Crippen LogP contribution in [0.25, 0.3) is 5.70 Å². The summed E-state index contributed by atoms with van der Waals surface area (Å²) in [5.74, 6) is -0.584. The van der Waals surface area contributed by atoms with Crippen molar-refractivity contribution < 1.29 is 22.7 Å². The summed E-state index contributed by atoms with van der Waals surface area (Å²) in [7, 11) is 0. The Morgan fingerprint density at radius 3 is 2.57 bits per heavy atom. The summed E-state index contributed by atoms with van der Waals surface area (Å²) in [5, 5.41) is 14.6. The van der Waals surface area contributed by atoms with Gasteiger partial charge in [0.05, 0.1) is 41.5 Å². The molecule has 0 radical (unpaired) electrons. The summed E-state index contributed by atoms with van der Waals surface area (Å²) in [6.07, 6.45) is -1.94. The first-order chi connectivity index (χ1) is 14.3. The van der Waals surface area contributed by atoms with Crippen molar-refractivity contribution in [2.45, 2.75) is 6.18 Å². The van der Waals surface area contributed by atoms with Crippen molar-refractivity contribution in [3.05, 3.63) is 53.4 Å². The van der Waals surface area contributed by atoms with Gasteiger partial charge in [-0.25, -0.2) is 4.98 Å². The number of nitrogens with zero attached hydrogens (tertiary/aromatic N) is 3. The molecule has 1 aromatic carbocycles. The van der Waals surface area contributed by atoms with Crippen LogP contribution in [0.1, 0.15) is 16.8 Å². The molecule has 154 valence electrons. The van der Waals surface area contributed by atoms with E-state index in [2.05, 4.69) is 15.6 Å². The Bertz CT molecular complexity index is 1070. The predicted octanol–water partition coefficient (Wildman–Crippen LogP) is 3.21. The molecule has 2 aliphatic rings. The van der Waals surface area contributed by atoms with E-state index in [1.165, 1.54) is 24.4 Å². The Morgan fingerprint density at radius 2 is 1.87 bits per heavy atom. The number of amides is 1. The number of ether oxygens (including phenoxy) is 1. The van der Waals surface area contributed by atoms with Gasteiger partial charge in [-0.2, -0.15) is 18.4 Å². The second-order valence-corrected chi connectivity index (χ2v) is 6.73. The fraction of sp³-hybridized carbons (Fsp3) is 0.250. The lowest BCUT2D eigenvalue weighted by Gasteiger charge is -2.32. The van der Waals surface area contributed by atoms with E-state index in [4.69, 9.17) is 10.00 Å². The summed E-state index contributed by atoms with van der Waals surface area (Å²) in [6.45, 7) is 1.31. The topological polar surface area (TPSA) is 90.3 Å². The number of hydrogen-bond acceptors (Lipinski definition) is 6. The summed E-state index contributed by atoms with van der Waals surface area (Å²) in [6, 6.07) is 7.33. The van der Waals surface area contributed by atoms with Gasteiger partial charge in [-0.05, 0) is 24.3 Å². The number of aromatic nitrogens is 1. The average molecular weight is 415 g/mol. The zero-order valence-corrected chi connectivity index (χ0v) is 15.6. The fourth-order valence-electron chi connectivity index (χ4n) is 3.38. The van der Waals surface area contributed by atoms with Crippen LogP contribution in [0.2, 0.25) is 0 Å². The number of carbonyl (C=O) groups is 1. The largest absolute Gasteiger partial charge is 0.418 e. The molecule has 1 saturated heterocycles. The van der Waals surface area contributed by atoms with E-state index in [0.717, 1.165) is 6.07 Å². The fourth-order valence-corrected chi connectivity index (χ4v) is 3.38. The molecule has 0 bridgehead atoms. The zero-order chi connectivity index (χ0) is 21.3. The van der Waals surface area contributed by atoms with E-state index in [9.17, 15) is 18.0 Å². The molecule has 4 rings (SSSR count). The van der Waals surface area contributed by atoms with Crippen molar-refractivity contribution in [1.29, 1.82) is 5.26 Å². The number of morpholine rings is 1. The number of hydrogen-bond donors (Lipinski definition) is 2. The first kappa shape index (κ1) is 19.7. The minimum atomic E-state index is -4.59. The van der Waals surface area contributed by atoms with Crippen molar-refractivity contribution in [2.24, 2.45) is 0 Å². The Hall–Kier alpha value is -3.58. The van der Waals surface area contributed by atoms with Crippen LogP contribution in [0.5, 0.6) is 0 Å². The number of carbonyl (C=O) groups excluding carboxylic acids is 1. The number of nitriles is 1. The lowest BCUT2D eigenvalue weighted by molar-refractivity contribution is -0.137. The molecule has 2 N–H and O–H groups in total. The van der Waals surface area contributed by atoms with E-state index in [-0.39, 0.29) is 17.1 Å². The van der Waals surface area contributed by atoms with Gasteiger partial charge in [0.1, 0.15) is 11.8 Å². The molecule has 0 aliphatic carbocycles. The third-order valence-electron chi connectivity index (χ3n) is 4.78. The molecule has 0 saturated carbocycles. The third-order valence-corrected chi connectivity index (χ3v) is 4.78. The number of halogens is 3. The van der Waals surface area contributed by atoms with Crippen molar-refractivity contribution in [3.8, 4) is 6.07 Å². The Balaban J connectivity index is 1.80. The number of anilines is 3. The summed E-state index contributed by atoms with van der Waals surface area (Å²) in [5.41, 5.74) is 0.531. The smallest absolute Gasteiger partial charge is 0.378 e. The molecule has 2 aromatic rings. The van der Waals surface area contributed by atoms with E-state index >= 15 is 0 Å². The van der Waals surface area contributed by atoms with Gasteiger partial charge in [-0.1, -0.05) is 0 Å². The Kier molecular flexibility index (Phi) is 5.05. The SMILES string of the molecule is N#Cc1cc(C2=CC(=O)Nc3cc(C(F)(F)F)c(N4CCOCC4)cc3N2)ccn1. The molecule has 7 nitrogen and oxygen atoms in total. The molecule has 1 amide bonds. The van der Waals surface area contributed by atoms with Gasteiger partial charge in [0, 0.05) is 30.9 Å². The summed E-state index contributed by atoms with van der Waals surface area (Å²) >= 11 is 0. The quantitative estimate of drug-likeness (QED) is 0.783. The molecule has 2 aliphatic heterocycles. The van der Waals surface area contributed by atoms with Crippen LogP contribution in [-0.4, -0.2) is 37.2 Å². The molecular weight excluding hydrogens is 399 g/mol. The molecule has 0 atom stereocenters. The van der Waals surface area contributed by atoms with Crippen LogP contribution < -0.4 is 15.5 Å². The van der Waals surface area contributed by atoms with Gasteiger partial charge in [0.2, 0.25) is 0 Å². The molecule has 1 aromatic heterocycles. The predicted molar refractivity (Wildman–Crippen MR) is 104 cm³/mol. The Labute approximate surface area is 169 Å².